The molecule has 0 aromatic heterocycles. The highest BCUT2D eigenvalue weighted by Crippen LogP contribution is 2.41. The van der Waals surface area contributed by atoms with Gasteiger partial charge in [0, 0.05) is 0 Å². The lowest BCUT2D eigenvalue weighted by Crippen LogP contribution is -2.43. The standard InChI is InChI=1S/C17H34O2Si/c1-12(2)11-15(18)14-9-10-16(13(14)3)19-20(7,8)17(4,5)6/h12,15-16,18H,9-11H2,1-8H3. The van der Waals surface area contributed by atoms with Crippen molar-refractivity contribution in [1.82, 2.24) is 0 Å². The zero-order chi connectivity index (χ0) is 15.7. The maximum Gasteiger partial charge on any atom is 0.192 e. The zero-order valence-corrected chi connectivity index (χ0v) is 15.7. The smallest absolute Gasteiger partial charge is 0.192 e. The van der Waals surface area contributed by atoms with E-state index in [2.05, 4.69) is 54.6 Å². The molecule has 1 aliphatic rings. The van der Waals surface area contributed by atoms with Gasteiger partial charge in [0.1, 0.15) is 0 Å². The van der Waals surface area contributed by atoms with E-state index in [9.17, 15) is 5.11 Å². The Balaban J connectivity index is 2.79. The first-order valence-electron chi connectivity index (χ1n) is 8.01. The van der Waals surface area contributed by atoms with Crippen LogP contribution in [0.1, 0.15) is 60.8 Å². The summed E-state index contributed by atoms with van der Waals surface area (Å²) in [4.78, 5) is 0. The van der Waals surface area contributed by atoms with Crippen molar-refractivity contribution >= 4 is 8.32 Å². The van der Waals surface area contributed by atoms with Crippen LogP contribution in [0.3, 0.4) is 0 Å². The molecule has 0 saturated heterocycles. The van der Waals surface area contributed by atoms with Crippen molar-refractivity contribution < 1.29 is 9.53 Å². The van der Waals surface area contributed by atoms with E-state index in [4.69, 9.17) is 4.43 Å². The first kappa shape index (κ1) is 17.9. The van der Waals surface area contributed by atoms with Crippen LogP contribution in [-0.2, 0) is 4.43 Å². The van der Waals surface area contributed by atoms with Crippen LogP contribution in [0.25, 0.3) is 0 Å². The molecule has 0 radical (unpaired) electrons. The fraction of sp³-hybridized carbons (Fsp3) is 0.882. The molecule has 20 heavy (non-hydrogen) atoms. The summed E-state index contributed by atoms with van der Waals surface area (Å²) in [6.45, 7) is 17.9. The fourth-order valence-corrected chi connectivity index (χ4v) is 3.96. The van der Waals surface area contributed by atoms with E-state index in [1.807, 2.05) is 0 Å². The van der Waals surface area contributed by atoms with Crippen molar-refractivity contribution in [1.29, 1.82) is 0 Å². The lowest BCUT2D eigenvalue weighted by atomic mass is 9.97. The van der Waals surface area contributed by atoms with Gasteiger partial charge >= 0.3 is 0 Å². The first-order chi connectivity index (χ1) is 8.95. The molecule has 0 aromatic rings. The van der Waals surface area contributed by atoms with Gasteiger partial charge in [0.15, 0.2) is 8.32 Å². The average Bonchev–Trinajstić information content (AvgIpc) is 2.57. The van der Waals surface area contributed by atoms with Crippen LogP contribution in [0, 0.1) is 5.92 Å². The highest BCUT2D eigenvalue weighted by atomic mass is 28.4. The normalized spacial score (nSPS) is 22.8. The van der Waals surface area contributed by atoms with Crippen molar-refractivity contribution in [3.05, 3.63) is 11.1 Å². The molecular formula is C17H34O2Si. The maximum absolute atomic E-state index is 10.4. The molecule has 1 aliphatic carbocycles. The minimum atomic E-state index is -1.72. The summed E-state index contributed by atoms with van der Waals surface area (Å²) in [6, 6.07) is 0. The van der Waals surface area contributed by atoms with Crippen molar-refractivity contribution in [3.8, 4) is 0 Å². The summed E-state index contributed by atoms with van der Waals surface area (Å²) < 4.78 is 6.53. The van der Waals surface area contributed by atoms with Gasteiger partial charge in [-0.3, -0.25) is 0 Å². The van der Waals surface area contributed by atoms with Gasteiger partial charge in [-0.25, -0.2) is 0 Å². The summed E-state index contributed by atoms with van der Waals surface area (Å²) in [5.74, 6) is 0.533. The molecule has 2 unspecified atom stereocenters. The molecule has 1 rings (SSSR count). The second-order valence-electron chi connectivity index (χ2n) is 8.26. The molecule has 0 amide bonds. The van der Waals surface area contributed by atoms with Crippen LogP contribution >= 0.6 is 0 Å². The number of aliphatic hydroxyl groups is 1. The van der Waals surface area contributed by atoms with Gasteiger partial charge in [0.05, 0.1) is 12.2 Å². The summed E-state index contributed by atoms with van der Waals surface area (Å²) in [7, 11) is -1.72. The Bertz CT molecular complexity index is 364. The number of hydrogen-bond acceptors (Lipinski definition) is 2. The Hall–Kier alpha value is -0.123. The summed E-state index contributed by atoms with van der Waals surface area (Å²) >= 11 is 0. The second-order valence-corrected chi connectivity index (χ2v) is 13.0. The lowest BCUT2D eigenvalue weighted by molar-refractivity contribution is 0.180. The molecule has 0 aromatic carbocycles. The van der Waals surface area contributed by atoms with Crippen molar-refractivity contribution in [2.45, 2.75) is 91.1 Å². The molecular weight excluding hydrogens is 264 g/mol. The van der Waals surface area contributed by atoms with E-state index in [0.29, 0.717) is 5.92 Å². The Labute approximate surface area is 126 Å². The average molecular weight is 299 g/mol. The van der Waals surface area contributed by atoms with Crippen molar-refractivity contribution in [3.63, 3.8) is 0 Å². The molecule has 1 N–H and O–H groups in total. The minimum Gasteiger partial charge on any atom is -0.410 e. The minimum absolute atomic E-state index is 0.229. The Morgan fingerprint density at radius 3 is 2.30 bits per heavy atom. The molecule has 0 aliphatic heterocycles. The summed E-state index contributed by atoms with van der Waals surface area (Å²) in [6.07, 6.45) is 2.86. The van der Waals surface area contributed by atoms with Gasteiger partial charge in [-0.05, 0) is 61.4 Å². The topological polar surface area (TPSA) is 29.5 Å². The van der Waals surface area contributed by atoms with E-state index in [0.717, 1.165) is 19.3 Å². The lowest BCUT2D eigenvalue weighted by Gasteiger charge is -2.38. The summed E-state index contributed by atoms with van der Waals surface area (Å²) in [5, 5.41) is 10.6. The van der Waals surface area contributed by atoms with Gasteiger partial charge in [0.25, 0.3) is 0 Å². The van der Waals surface area contributed by atoms with Crippen LogP contribution in [0.4, 0.5) is 0 Å². The van der Waals surface area contributed by atoms with E-state index in [1.54, 1.807) is 0 Å². The number of rotatable bonds is 5. The van der Waals surface area contributed by atoms with Gasteiger partial charge in [-0.2, -0.15) is 0 Å². The Morgan fingerprint density at radius 1 is 1.30 bits per heavy atom. The predicted octanol–water partition coefficient (Wildman–Crippen LogP) is 4.89. The number of aliphatic hydroxyl groups excluding tert-OH is 1. The highest BCUT2D eigenvalue weighted by Gasteiger charge is 2.41. The van der Waals surface area contributed by atoms with Crippen LogP contribution in [0.5, 0.6) is 0 Å². The molecule has 0 spiro atoms. The quantitative estimate of drug-likeness (QED) is 0.578. The highest BCUT2D eigenvalue weighted by molar-refractivity contribution is 6.74. The van der Waals surface area contributed by atoms with Crippen LogP contribution in [0.15, 0.2) is 11.1 Å². The van der Waals surface area contributed by atoms with Crippen LogP contribution < -0.4 is 0 Å². The van der Waals surface area contributed by atoms with Crippen LogP contribution in [0.2, 0.25) is 18.1 Å². The third-order valence-electron chi connectivity index (χ3n) is 5.01. The third kappa shape index (κ3) is 4.19. The van der Waals surface area contributed by atoms with E-state index in [1.165, 1.54) is 11.1 Å². The molecule has 118 valence electrons. The van der Waals surface area contributed by atoms with Gasteiger partial charge in [0.2, 0.25) is 0 Å². The van der Waals surface area contributed by atoms with Crippen molar-refractivity contribution in [2.24, 2.45) is 5.92 Å². The first-order valence-corrected chi connectivity index (χ1v) is 10.9. The maximum atomic E-state index is 10.4. The molecule has 2 nitrogen and oxygen atoms in total. The van der Waals surface area contributed by atoms with Gasteiger partial charge in [-0.15, -0.1) is 0 Å². The molecule has 3 heteroatoms. The SMILES string of the molecule is CC1=C(C(O)CC(C)C)CCC1O[Si](C)(C)C(C)(C)C. The fourth-order valence-electron chi connectivity index (χ4n) is 2.60. The van der Waals surface area contributed by atoms with E-state index in [-0.39, 0.29) is 17.2 Å². The van der Waals surface area contributed by atoms with Gasteiger partial charge < -0.3 is 9.53 Å². The molecule has 2 atom stereocenters. The van der Waals surface area contributed by atoms with Crippen molar-refractivity contribution in [2.75, 3.05) is 0 Å². The van der Waals surface area contributed by atoms with Crippen LogP contribution in [-0.4, -0.2) is 25.6 Å². The van der Waals surface area contributed by atoms with E-state index >= 15 is 0 Å². The largest absolute Gasteiger partial charge is 0.410 e. The molecule has 0 saturated carbocycles. The summed E-state index contributed by atoms with van der Waals surface area (Å²) in [5.41, 5.74) is 2.53. The molecule has 0 fully saturated rings. The van der Waals surface area contributed by atoms with E-state index < -0.39 is 8.32 Å². The van der Waals surface area contributed by atoms with Gasteiger partial charge in [-0.1, -0.05) is 34.6 Å². The number of hydrogen-bond donors (Lipinski definition) is 1. The Morgan fingerprint density at radius 2 is 1.85 bits per heavy atom. The Kier molecular flexibility index (Phi) is 5.67. The third-order valence-corrected chi connectivity index (χ3v) is 9.49. The zero-order valence-electron chi connectivity index (χ0n) is 14.7. The predicted molar refractivity (Wildman–Crippen MR) is 89.5 cm³/mol. The second kappa shape index (κ2) is 6.33. The monoisotopic (exact) mass is 298 g/mol. The molecule has 0 heterocycles. The molecule has 0 bridgehead atoms.